The molecule has 0 bridgehead atoms. The van der Waals surface area contributed by atoms with Crippen LogP contribution in [0.4, 0.5) is 0 Å². The number of hydrogen-bond acceptors (Lipinski definition) is 0. The predicted octanol–water partition coefficient (Wildman–Crippen LogP) is 8.58. The summed E-state index contributed by atoms with van der Waals surface area (Å²) in [4.78, 5) is 0. The van der Waals surface area contributed by atoms with E-state index in [4.69, 9.17) is 0 Å². The topological polar surface area (TPSA) is 0 Å². The largest absolute Gasteiger partial charge is 0.0909 e. The van der Waals surface area contributed by atoms with Gasteiger partial charge in [-0.3, -0.25) is 0 Å². The highest BCUT2D eigenvalue weighted by Crippen LogP contribution is 2.45. The molecule has 0 nitrogen and oxygen atoms in total. The van der Waals surface area contributed by atoms with Gasteiger partial charge in [-0.2, -0.15) is 0 Å². The van der Waals surface area contributed by atoms with Gasteiger partial charge < -0.3 is 0 Å². The Morgan fingerprint density at radius 1 is 0.966 bits per heavy atom. The summed E-state index contributed by atoms with van der Waals surface area (Å²) in [6.07, 6.45) is 9.11. The highest BCUT2D eigenvalue weighted by molar-refractivity contribution is 5.80. The predicted molar refractivity (Wildman–Crippen MR) is 129 cm³/mol. The third-order valence-corrected chi connectivity index (χ3v) is 6.64. The minimum atomic E-state index is 0.188. The fourth-order valence-corrected chi connectivity index (χ4v) is 4.49. The van der Waals surface area contributed by atoms with Crippen molar-refractivity contribution in [3.05, 3.63) is 88.1 Å². The van der Waals surface area contributed by atoms with E-state index in [9.17, 15) is 0 Å². The first-order valence-electron chi connectivity index (χ1n) is 11.1. The molecular formula is C29H38. The normalized spacial score (nSPS) is 20.0. The Bertz CT molecular complexity index is 925. The molecule has 0 heterocycles. The van der Waals surface area contributed by atoms with E-state index in [1.165, 1.54) is 44.6 Å². The first-order chi connectivity index (χ1) is 13.4. The summed E-state index contributed by atoms with van der Waals surface area (Å²) in [6.45, 7) is 22.9. The molecule has 2 aliphatic carbocycles. The van der Waals surface area contributed by atoms with Crippen LogP contribution in [-0.4, -0.2) is 0 Å². The average Bonchev–Trinajstić information content (AvgIpc) is 3.25. The second-order valence-corrected chi connectivity index (χ2v) is 10.7. The Morgan fingerprint density at radius 3 is 2.07 bits per heavy atom. The minimum absolute atomic E-state index is 0.188. The van der Waals surface area contributed by atoms with Crippen LogP contribution >= 0.6 is 0 Å². The minimum Gasteiger partial charge on any atom is -0.0909 e. The standard InChI is InChI=1S/C29H38/c1-10-25-20(3)26(21-11-14-23(15-12-21)28(4,5)6)18-27(25)19(2)22-13-16-24(17-22)29(7,8)9/h11-16,18,20H,2,10,17H2,1,3-9H3. The van der Waals surface area contributed by atoms with Crippen LogP contribution in [0.15, 0.2) is 76.9 Å². The molecule has 0 amide bonds. The summed E-state index contributed by atoms with van der Waals surface area (Å²) in [5.74, 6) is 0.448. The Labute approximate surface area is 178 Å². The first-order valence-corrected chi connectivity index (χ1v) is 11.1. The molecule has 3 rings (SSSR count). The van der Waals surface area contributed by atoms with Crippen molar-refractivity contribution in [2.24, 2.45) is 11.3 Å². The highest BCUT2D eigenvalue weighted by Gasteiger charge is 2.28. The second-order valence-electron chi connectivity index (χ2n) is 10.7. The van der Waals surface area contributed by atoms with Gasteiger partial charge in [-0.05, 0) is 63.2 Å². The monoisotopic (exact) mass is 386 g/mol. The molecular weight excluding hydrogens is 348 g/mol. The van der Waals surface area contributed by atoms with Gasteiger partial charge in [-0.25, -0.2) is 0 Å². The van der Waals surface area contributed by atoms with Crippen LogP contribution in [0.5, 0.6) is 0 Å². The van der Waals surface area contributed by atoms with E-state index < -0.39 is 0 Å². The smallest absolute Gasteiger partial charge is 0.00350 e. The maximum atomic E-state index is 4.54. The summed E-state index contributed by atoms with van der Waals surface area (Å²) in [7, 11) is 0. The Kier molecular flexibility index (Phi) is 5.69. The van der Waals surface area contributed by atoms with Crippen LogP contribution in [-0.2, 0) is 5.41 Å². The van der Waals surface area contributed by atoms with Crippen LogP contribution < -0.4 is 0 Å². The lowest BCUT2D eigenvalue weighted by Gasteiger charge is -2.22. The van der Waals surface area contributed by atoms with E-state index in [-0.39, 0.29) is 10.8 Å². The van der Waals surface area contributed by atoms with Crippen molar-refractivity contribution >= 4 is 5.57 Å². The lowest BCUT2D eigenvalue weighted by atomic mass is 9.83. The van der Waals surface area contributed by atoms with Crippen LogP contribution in [0.1, 0.15) is 79.4 Å². The summed E-state index contributed by atoms with van der Waals surface area (Å²) in [5.41, 5.74) is 11.5. The molecule has 2 aliphatic rings. The van der Waals surface area contributed by atoms with Crippen molar-refractivity contribution < 1.29 is 0 Å². The van der Waals surface area contributed by atoms with Gasteiger partial charge >= 0.3 is 0 Å². The number of allylic oxidation sites excluding steroid dienone is 9. The van der Waals surface area contributed by atoms with Crippen molar-refractivity contribution in [2.75, 3.05) is 0 Å². The van der Waals surface area contributed by atoms with Gasteiger partial charge in [0.15, 0.2) is 0 Å². The van der Waals surface area contributed by atoms with Gasteiger partial charge in [0.1, 0.15) is 0 Å². The lowest BCUT2D eigenvalue weighted by Crippen LogP contribution is -2.10. The van der Waals surface area contributed by atoms with Gasteiger partial charge in [0.2, 0.25) is 0 Å². The van der Waals surface area contributed by atoms with Gasteiger partial charge in [-0.1, -0.05) is 110 Å². The van der Waals surface area contributed by atoms with Crippen LogP contribution in [0, 0.1) is 11.3 Å². The molecule has 0 heteroatoms. The molecule has 0 fully saturated rings. The molecule has 1 aromatic rings. The van der Waals surface area contributed by atoms with E-state index in [1.807, 2.05) is 0 Å². The number of hydrogen-bond donors (Lipinski definition) is 0. The van der Waals surface area contributed by atoms with Gasteiger partial charge in [0.25, 0.3) is 0 Å². The van der Waals surface area contributed by atoms with Crippen LogP contribution in [0.2, 0.25) is 0 Å². The Balaban J connectivity index is 1.88. The third kappa shape index (κ3) is 4.27. The number of rotatable bonds is 4. The van der Waals surface area contributed by atoms with Crippen molar-refractivity contribution in [3.63, 3.8) is 0 Å². The zero-order chi connectivity index (χ0) is 21.6. The van der Waals surface area contributed by atoms with Crippen molar-refractivity contribution in [3.8, 4) is 0 Å². The fourth-order valence-electron chi connectivity index (χ4n) is 4.49. The molecule has 0 aliphatic heterocycles. The van der Waals surface area contributed by atoms with Gasteiger partial charge in [0.05, 0.1) is 0 Å². The van der Waals surface area contributed by atoms with E-state index in [0.29, 0.717) is 5.92 Å². The van der Waals surface area contributed by atoms with E-state index in [2.05, 4.69) is 104 Å². The molecule has 1 unspecified atom stereocenters. The molecule has 29 heavy (non-hydrogen) atoms. The van der Waals surface area contributed by atoms with Crippen LogP contribution in [0.25, 0.3) is 5.57 Å². The van der Waals surface area contributed by atoms with E-state index in [1.54, 1.807) is 0 Å². The van der Waals surface area contributed by atoms with E-state index >= 15 is 0 Å². The van der Waals surface area contributed by atoms with Crippen molar-refractivity contribution in [2.45, 2.75) is 73.6 Å². The van der Waals surface area contributed by atoms with Gasteiger partial charge in [-0.15, -0.1) is 0 Å². The first kappa shape index (κ1) is 21.6. The molecule has 0 aromatic heterocycles. The Morgan fingerprint density at radius 2 is 1.59 bits per heavy atom. The molecule has 0 radical (unpaired) electrons. The maximum Gasteiger partial charge on any atom is 0.00350 e. The molecule has 0 saturated carbocycles. The number of benzene rings is 1. The summed E-state index contributed by atoms with van der Waals surface area (Å²) in [6, 6.07) is 9.19. The zero-order valence-corrected chi connectivity index (χ0v) is 19.7. The summed E-state index contributed by atoms with van der Waals surface area (Å²) >= 11 is 0. The van der Waals surface area contributed by atoms with Crippen molar-refractivity contribution in [1.29, 1.82) is 0 Å². The quantitative estimate of drug-likeness (QED) is 0.486. The van der Waals surface area contributed by atoms with Crippen LogP contribution in [0.3, 0.4) is 0 Å². The van der Waals surface area contributed by atoms with E-state index in [0.717, 1.165) is 12.8 Å². The lowest BCUT2D eigenvalue weighted by molar-refractivity contribution is 0.495. The molecule has 1 atom stereocenters. The maximum absolute atomic E-state index is 4.54. The third-order valence-electron chi connectivity index (χ3n) is 6.64. The molecule has 0 saturated heterocycles. The highest BCUT2D eigenvalue weighted by atomic mass is 14.3. The second kappa shape index (κ2) is 7.63. The summed E-state index contributed by atoms with van der Waals surface area (Å²) < 4.78 is 0. The zero-order valence-electron chi connectivity index (χ0n) is 19.7. The van der Waals surface area contributed by atoms with Crippen molar-refractivity contribution in [1.82, 2.24) is 0 Å². The average molecular weight is 387 g/mol. The van der Waals surface area contributed by atoms with Gasteiger partial charge in [0, 0.05) is 5.92 Å². The molecule has 0 N–H and O–H groups in total. The molecule has 154 valence electrons. The SMILES string of the molecule is C=C(C1=CC=C(C(C)(C)C)C1)C1=C(CC)C(C)C(c2ccc(C(C)(C)C)cc2)=C1. The molecule has 0 spiro atoms. The fraction of sp³-hybridized carbons (Fsp3) is 0.448. The summed E-state index contributed by atoms with van der Waals surface area (Å²) in [5, 5.41) is 0. The Hall–Kier alpha value is -2.08. The molecule has 1 aromatic carbocycles.